The van der Waals surface area contributed by atoms with Crippen molar-refractivity contribution in [1.29, 1.82) is 0 Å². The van der Waals surface area contributed by atoms with Crippen LogP contribution in [0.2, 0.25) is 0 Å². The molecule has 43 heavy (non-hydrogen) atoms. The van der Waals surface area contributed by atoms with Crippen LogP contribution in [0.15, 0.2) is 130 Å². The Morgan fingerprint density at radius 1 is 0.535 bits per heavy atom. The van der Waals surface area contributed by atoms with Gasteiger partial charge in [0, 0.05) is 10.8 Å². The second-order valence-corrected chi connectivity index (χ2v) is 16.0. The van der Waals surface area contributed by atoms with E-state index >= 15 is 0 Å². The zero-order valence-corrected chi connectivity index (χ0v) is 26.6. The van der Waals surface area contributed by atoms with Crippen LogP contribution >= 0.6 is 0 Å². The molecule has 1 nitrogen and oxygen atoms in total. The summed E-state index contributed by atoms with van der Waals surface area (Å²) in [7, 11) is 0. The number of rotatable bonds is 0. The molecular formula is C42H40O. The molecule has 2 bridgehead atoms. The van der Waals surface area contributed by atoms with Crippen LogP contribution in [0.3, 0.4) is 0 Å². The van der Waals surface area contributed by atoms with Crippen molar-refractivity contribution in [2.45, 2.75) is 67.6 Å². The molecule has 4 atom stereocenters. The molecule has 3 aromatic rings. The lowest BCUT2D eigenvalue weighted by Crippen LogP contribution is -2.50. The average Bonchev–Trinajstić information content (AvgIpc) is 3.53. The molecule has 6 aliphatic rings. The third-order valence-corrected chi connectivity index (χ3v) is 11.8. The van der Waals surface area contributed by atoms with Gasteiger partial charge in [0.2, 0.25) is 0 Å². The predicted octanol–water partition coefficient (Wildman–Crippen LogP) is 11.1. The number of fused-ring (bicyclic) bond motifs is 13. The minimum atomic E-state index is -0.183. The maximum absolute atomic E-state index is 7.29. The fraction of sp³-hybridized carbons (Fsp3) is 0.333. The molecule has 2 heterocycles. The smallest absolute Gasteiger partial charge is 0.111 e. The van der Waals surface area contributed by atoms with Crippen LogP contribution in [0.4, 0.5) is 0 Å². The Hall–Kier alpha value is -3.68. The largest absolute Gasteiger partial charge is 0.356 e. The summed E-state index contributed by atoms with van der Waals surface area (Å²) >= 11 is 0. The van der Waals surface area contributed by atoms with Crippen LogP contribution in [0.25, 0.3) is 21.5 Å². The summed E-state index contributed by atoms with van der Waals surface area (Å²) < 4.78 is 7.29. The number of allylic oxidation sites excluding steroid dienone is 12. The minimum absolute atomic E-state index is 0.0437. The van der Waals surface area contributed by atoms with Crippen molar-refractivity contribution in [2.75, 3.05) is 0 Å². The van der Waals surface area contributed by atoms with E-state index in [1.54, 1.807) is 0 Å². The van der Waals surface area contributed by atoms with Crippen LogP contribution in [0.1, 0.15) is 78.7 Å². The first-order chi connectivity index (χ1) is 20.3. The van der Waals surface area contributed by atoms with Gasteiger partial charge in [-0.3, -0.25) is 0 Å². The van der Waals surface area contributed by atoms with Gasteiger partial charge in [0.15, 0.2) is 0 Å². The van der Waals surface area contributed by atoms with E-state index in [1.165, 1.54) is 77.3 Å². The summed E-state index contributed by atoms with van der Waals surface area (Å²) in [6.45, 7) is 19.1. The number of benzene rings is 3. The van der Waals surface area contributed by atoms with Gasteiger partial charge in [0.25, 0.3) is 0 Å². The zero-order valence-electron chi connectivity index (χ0n) is 26.6. The van der Waals surface area contributed by atoms with E-state index in [1.807, 2.05) is 0 Å². The van der Waals surface area contributed by atoms with Gasteiger partial charge < -0.3 is 4.74 Å². The van der Waals surface area contributed by atoms with Gasteiger partial charge in [-0.1, -0.05) is 140 Å². The van der Waals surface area contributed by atoms with Gasteiger partial charge in [0.05, 0.1) is 0 Å². The zero-order chi connectivity index (χ0) is 29.8. The molecular weight excluding hydrogens is 520 g/mol. The van der Waals surface area contributed by atoms with Crippen molar-refractivity contribution >= 4 is 21.5 Å². The molecule has 1 fully saturated rings. The molecule has 0 spiro atoms. The van der Waals surface area contributed by atoms with Crippen molar-refractivity contribution in [2.24, 2.45) is 21.7 Å². The second-order valence-electron chi connectivity index (χ2n) is 16.0. The van der Waals surface area contributed by atoms with Crippen molar-refractivity contribution in [1.82, 2.24) is 0 Å². The topological polar surface area (TPSA) is 9.23 Å². The van der Waals surface area contributed by atoms with Crippen LogP contribution in [-0.4, -0.2) is 0 Å². The van der Waals surface area contributed by atoms with Crippen molar-refractivity contribution < 1.29 is 4.74 Å². The first-order valence-electron chi connectivity index (χ1n) is 16.0. The Bertz CT molecular complexity index is 1940. The summed E-state index contributed by atoms with van der Waals surface area (Å²) in [4.78, 5) is 0. The maximum atomic E-state index is 7.29. The average molecular weight is 561 g/mol. The summed E-state index contributed by atoms with van der Waals surface area (Å²) in [5.74, 6) is 0. The van der Waals surface area contributed by atoms with E-state index in [9.17, 15) is 0 Å². The fourth-order valence-corrected chi connectivity index (χ4v) is 9.22. The van der Waals surface area contributed by atoms with Crippen LogP contribution in [0.5, 0.6) is 0 Å². The highest BCUT2D eigenvalue weighted by Gasteiger charge is 2.63. The van der Waals surface area contributed by atoms with Gasteiger partial charge in [-0.05, 0) is 88.1 Å². The normalized spacial score (nSPS) is 30.2. The van der Waals surface area contributed by atoms with E-state index in [2.05, 4.69) is 140 Å². The molecule has 3 aromatic carbocycles. The highest BCUT2D eigenvalue weighted by molar-refractivity contribution is 6.12. The van der Waals surface area contributed by atoms with Gasteiger partial charge in [-0.25, -0.2) is 0 Å². The molecule has 0 amide bonds. The monoisotopic (exact) mass is 560 g/mol. The van der Waals surface area contributed by atoms with E-state index in [4.69, 9.17) is 4.74 Å². The lowest BCUT2D eigenvalue weighted by molar-refractivity contribution is 0.0907. The molecule has 1 saturated heterocycles. The SMILES string of the molecule is CC(C)(C)C1=CC2=C3C(=C4C=C(C(C)(C)C)C=C5C=CC(=C1)[C@]2(C)[C@@]54C)C1OC3c2c1c1ccccc1c1ccccc21. The Kier molecular flexibility index (Phi) is 4.61. The van der Waals surface area contributed by atoms with E-state index in [0.717, 1.165) is 0 Å². The van der Waals surface area contributed by atoms with Gasteiger partial charge >= 0.3 is 0 Å². The summed E-state index contributed by atoms with van der Waals surface area (Å²) in [6.07, 6.45) is 14.8. The Morgan fingerprint density at radius 2 is 0.907 bits per heavy atom. The first-order valence-corrected chi connectivity index (χ1v) is 16.0. The quantitative estimate of drug-likeness (QED) is 0.249. The molecule has 2 unspecified atom stereocenters. The standard InChI is InChI=1S/C42H40O/c1-39(2,3)25-19-23-17-18-24-20-26(40(4,5)6)22-32-36-35(31(21-25)41(23,7)42(24,32)8)37-33-29-15-11-9-13-27(29)28-14-10-12-16-30(28)34(33)38(36)43-37/h9-22,37-38H,1-8H3/t37?,38?,41-,42-/m0/s1. The predicted molar refractivity (Wildman–Crippen MR) is 179 cm³/mol. The van der Waals surface area contributed by atoms with Crippen LogP contribution in [0, 0.1) is 21.7 Å². The lowest BCUT2D eigenvalue weighted by Gasteiger charge is -2.59. The summed E-state index contributed by atoms with van der Waals surface area (Å²) in [6, 6.07) is 18.0. The van der Waals surface area contributed by atoms with Gasteiger partial charge in [0.1, 0.15) is 12.2 Å². The summed E-state index contributed by atoms with van der Waals surface area (Å²) in [5.41, 5.74) is 14.0. The first kappa shape index (κ1) is 25.8. The molecule has 2 aliphatic heterocycles. The molecule has 4 aliphatic carbocycles. The third kappa shape index (κ3) is 2.89. The Labute approximate surface area is 255 Å². The van der Waals surface area contributed by atoms with Crippen LogP contribution in [-0.2, 0) is 4.74 Å². The van der Waals surface area contributed by atoms with Crippen molar-refractivity contribution in [3.8, 4) is 0 Å². The number of hydrogen-bond donors (Lipinski definition) is 0. The molecule has 0 aromatic heterocycles. The molecule has 1 heteroatoms. The molecule has 0 radical (unpaired) electrons. The fourth-order valence-electron chi connectivity index (χ4n) is 9.22. The van der Waals surface area contributed by atoms with E-state index in [0.29, 0.717) is 0 Å². The van der Waals surface area contributed by atoms with Crippen molar-refractivity contribution in [3.63, 3.8) is 0 Å². The number of ether oxygens (including phenoxy) is 1. The third-order valence-electron chi connectivity index (χ3n) is 11.8. The molecule has 0 saturated carbocycles. The number of hydrogen-bond acceptors (Lipinski definition) is 1. The van der Waals surface area contributed by atoms with Crippen LogP contribution < -0.4 is 0 Å². The highest BCUT2D eigenvalue weighted by atomic mass is 16.5. The van der Waals surface area contributed by atoms with E-state index < -0.39 is 0 Å². The minimum Gasteiger partial charge on any atom is -0.356 e. The Balaban J connectivity index is 1.48. The summed E-state index contributed by atoms with van der Waals surface area (Å²) in [5, 5.41) is 5.33. The molecule has 9 rings (SSSR count). The van der Waals surface area contributed by atoms with E-state index in [-0.39, 0.29) is 33.9 Å². The Morgan fingerprint density at radius 3 is 1.28 bits per heavy atom. The van der Waals surface area contributed by atoms with Gasteiger partial charge in [-0.15, -0.1) is 0 Å². The molecule has 0 N–H and O–H groups in total. The van der Waals surface area contributed by atoms with Gasteiger partial charge in [-0.2, -0.15) is 0 Å². The highest BCUT2D eigenvalue weighted by Crippen LogP contribution is 2.74. The second kappa shape index (κ2) is 7.69. The van der Waals surface area contributed by atoms with Crippen molar-refractivity contribution in [3.05, 3.63) is 141 Å². The molecule has 214 valence electrons. The maximum Gasteiger partial charge on any atom is 0.111 e. The lowest BCUT2D eigenvalue weighted by atomic mass is 9.43.